The zero-order valence-electron chi connectivity index (χ0n) is 13.5. The second-order valence-corrected chi connectivity index (χ2v) is 6.20. The van der Waals surface area contributed by atoms with Gasteiger partial charge >= 0.3 is 0 Å². The van der Waals surface area contributed by atoms with E-state index in [1.807, 2.05) is 38.4 Å². The van der Waals surface area contributed by atoms with E-state index in [-0.39, 0.29) is 11.8 Å². The number of amides is 1. The number of anilines is 1. The standard InChI is InChI=1S/C17H27N3O2/c1-20(2)9-10-22-15-7-4-6-14(11-15)19-17(21)16-8-3-5-13(16)12-18/h4,6-7,11,13,16H,3,5,8-10,12,18H2,1-2H3,(H,19,21)/t13-,16-/m1/s1. The van der Waals surface area contributed by atoms with E-state index in [2.05, 4.69) is 10.2 Å². The molecule has 1 aliphatic carbocycles. The highest BCUT2D eigenvalue weighted by Crippen LogP contribution is 2.32. The highest BCUT2D eigenvalue weighted by Gasteiger charge is 2.31. The van der Waals surface area contributed by atoms with Crippen LogP contribution in [-0.2, 0) is 4.79 Å². The van der Waals surface area contributed by atoms with E-state index >= 15 is 0 Å². The van der Waals surface area contributed by atoms with Gasteiger partial charge in [-0.2, -0.15) is 0 Å². The highest BCUT2D eigenvalue weighted by molar-refractivity contribution is 5.93. The summed E-state index contributed by atoms with van der Waals surface area (Å²) in [6, 6.07) is 7.57. The van der Waals surface area contributed by atoms with Gasteiger partial charge in [0.1, 0.15) is 12.4 Å². The normalized spacial score (nSPS) is 21.1. The van der Waals surface area contributed by atoms with E-state index < -0.39 is 0 Å². The molecule has 5 nitrogen and oxygen atoms in total. The van der Waals surface area contributed by atoms with Crippen LogP contribution in [0.4, 0.5) is 5.69 Å². The molecule has 1 fully saturated rings. The van der Waals surface area contributed by atoms with Crippen molar-refractivity contribution in [2.24, 2.45) is 17.6 Å². The SMILES string of the molecule is CN(C)CCOc1cccc(NC(=O)[C@@H]2CCC[C@@H]2CN)c1. The number of likely N-dealkylation sites (N-methyl/N-ethyl adjacent to an activating group) is 1. The number of carbonyl (C=O) groups is 1. The zero-order valence-corrected chi connectivity index (χ0v) is 13.5. The van der Waals surface area contributed by atoms with Crippen LogP contribution in [-0.4, -0.2) is 44.6 Å². The molecular formula is C17H27N3O2. The van der Waals surface area contributed by atoms with Crippen LogP contribution in [0.1, 0.15) is 19.3 Å². The zero-order chi connectivity index (χ0) is 15.9. The number of hydrogen-bond acceptors (Lipinski definition) is 4. The van der Waals surface area contributed by atoms with Gasteiger partial charge in [-0.25, -0.2) is 0 Å². The summed E-state index contributed by atoms with van der Waals surface area (Å²) in [6.07, 6.45) is 3.09. The summed E-state index contributed by atoms with van der Waals surface area (Å²) in [6.45, 7) is 2.07. The minimum absolute atomic E-state index is 0.0447. The molecule has 0 bridgehead atoms. The third-order valence-electron chi connectivity index (χ3n) is 4.21. The van der Waals surface area contributed by atoms with Gasteiger partial charge in [0, 0.05) is 24.2 Å². The summed E-state index contributed by atoms with van der Waals surface area (Å²) in [5, 5.41) is 3.00. The maximum atomic E-state index is 12.4. The molecule has 2 atom stereocenters. The number of nitrogens with two attached hydrogens (primary N) is 1. The molecule has 0 unspecified atom stereocenters. The van der Waals surface area contributed by atoms with Crippen molar-refractivity contribution in [3.8, 4) is 5.75 Å². The average Bonchev–Trinajstić information content (AvgIpc) is 2.96. The van der Waals surface area contributed by atoms with E-state index in [1.54, 1.807) is 0 Å². The predicted octanol–water partition coefficient (Wildman–Crippen LogP) is 1.94. The molecule has 0 saturated heterocycles. The van der Waals surface area contributed by atoms with E-state index in [0.717, 1.165) is 37.2 Å². The van der Waals surface area contributed by atoms with Crippen molar-refractivity contribution >= 4 is 11.6 Å². The molecule has 1 saturated carbocycles. The molecule has 0 spiro atoms. The van der Waals surface area contributed by atoms with E-state index in [9.17, 15) is 4.79 Å². The quantitative estimate of drug-likeness (QED) is 0.808. The summed E-state index contributed by atoms with van der Waals surface area (Å²) in [5.74, 6) is 1.22. The second-order valence-electron chi connectivity index (χ2n) is 6.20. The number of hydrogen-bond donors (Lipinski definition) is 2. The molecule has 1 amide bonds. The molecule has 0 aromatic heterocycles. The van der Waals surface area contributed by atoms with Crippen molar-refractivity contribution in [3.63, 3.8) is 0 Å². The lowest BCUT2D eigenvalue weighted by Crippen LogP contribution is -2.29. The van der Waals surface area contributed by atoms with E-state index in [0.29, 0.717) is 19.1 Å². The van der Waals surface area contributed by atoms with Crippen molar-refractivity contribution in [1.82, 2.24) is 4.90 Å². The van der Waals surface area contributed by atoms with Crippen LogP contribution >= 0.6 is 0 Å². The van der Waals surface area contributed by atoms with Crippen LogP contribution < -0.4 is 15.8 Å². The fourth-order valence-corrected chi connectivity index (χ4v) is 2.91. The Morgan fingerprint density at radius 1 is 1.41 bits per heavy atom. The number of benzene rings is 1. The Labute approximate surface area is 132 Å². The van der Waals surface area contributed by atoms with Crippen LogP contribution in [0.15, 0.2) is 24.3 Å². The average molecular weight is 305 g/mol. The number of rotatable bonds is 7. The minimum atomic E-state index is 0.0447. The Morgan fingerprint density at radius 2 is 2.23 bits per heavy atom. The van der Waals surface area contributed by atoms with Gasteiger partial charge in [-0.3, -0.25) is 4.79 Å². The number of carbonyl (C=O) groups excluding carboxylic acids is 1. The molecule has 1 aliphatic rings. The fourth-order valence-electron chi connectivity index (χ4n) is 2.91. The van der Waals surface area contributed by atoms with Crippen LogP contribution in [0.25, 0.3) is 0 Å². The number of ether oxygens (including phenoxy) is 1. The molecule has 3 N–H and O–H groups in total. The smallest absolute Gasteiger partial charge is 0.227 e. The fraction of sp³-hybridized carbons (Fsp3) is 0.588. The lowest BCUT2D eigenvalue weighted by atomic mass is 9.95. The van der Waals surface area contributed by atoms with Gasteiger partial charge in [0.2, 0.25) is 5.91 Å². The van der Waals surface area contributed by atoms with Gasteiger partial charge in [-0.05, 0) is 51.5 Å². The van der Waals surface area contributed by atoms with E-state index in [1.165, 1.54) is 0 Å². The summed E-state index contributed by atoms with van der Waals surface area (Å²) < 4.78 is 5.69. The van der Waals surface area contributed by atoms with Crippen LogP contribution in [0.3, 0.4) is 0 Å². The molecule has 122 valence electrons. The van der Waals surface area contributed by atoms with Crippen molar-refractivity contribution < 1.29 is 9.53 Å². The topological polar surface area (TPSA) is 67.6 Å². The Kier molecular flexibility index (Phi) is 6.21. The molecular weight excluding hydrogens is 278 g/mol. The molecule has 22 heavy (non-hydrogen) atoms. The number of nitrogens with one attached hydrogen (secondary N) is 1. The molecule has 2 rings (SSSR count). The maximum absolute atomic E-state index is 12.4. The molecule has 0 heterocycles. The third kappa shape index (κ3) is 4.71. The molecule has 1 aromatic carbocycles. The Balaban J connectivity index is 1.90. The van der Waals surface area contributed by atoms with Crippen LogP contribution in [0.2, 0.25) is 0 Å². The van der Waals surface area contributed by atoms with Gasteiger partial charge < -0.3 is 20.7 Å². The Morgan fingerprint density at radius 3 is 2.95 bits per heavy atom. The minimum Gasteiger partial charge on any atom is -0.492 e. The molecule has 5 heteroatoms. The van der Waals surface area contributed by atoms with Crippen molar-refractivity contribution in [3.05, 3.63) is 24.3 Å². The number of nitrogens with zero attached hydrogens (tertiary/aromatic N) is 1. The molecule has 0 aliphatic heterocycles. The Bertz CT molecular complexity index is 491. The van der Waals surface area contributed by atoms with E-state index in [4.69, 9.17) is 10.5 Å². The largest absolute Gasteiger partial charge is 0.492 e. The first-order valence-electron chi connectivity index (χ1n) is 7.98. The monoisotopic (exact) mass is 305 g/mol. The predicted molar refractivity (Wildman–Crippen MR) is 89.0 cm³/mol. The lowest BCUT2D eigenvalue weighted by Gasteiger charge is -2.18. The van der Waals surface area contributed by atoms with Crippen LogP contribution in [0, 0.1) is 11.8 Å². The van der Waals surface area contributed by atoms with Gasteiger partial charge in [-0.15, -0.1) is 0 Å². The maximum Gasteiger partial charge on any atom is 0.227 e. The molecule has 1 aromatic rings. The lowest BCUT2D eigenvalue weighted by molar-refractivity contribution is -0.120. The van der Waals surface area contributed by atoms with Gasteiger partial charge in [0.15, 0.2) is 0 Å². The van der Waals surface area contributed by atoms with Gasteiger partial charge in [-0.1, -0.05) is 12.5 Å². The molecule has 0 radical (unpaired) electrons. The van der Waals surface area contributed by atoms with Crippen molar-refractivity contribution in [2.45, 2.75) is 19.3 Å². The van der Waals surface area contributed by atoms with Gasteiger partial charge in [0.25, 0.3) is 0 Å². The van der Waals surface area contributed by atoms with Crippen LogP contribution in [0.5, 0.6) is 5.75 Å². The van der Waals surface area contributed by atoms with Gasteiger partial charge in [0.05, 0.1) is 0 Å². The third-order valence-corrected chi connectivity index (χ3v) is 4.21. The summed E-state index contributed by atoms with van der Waals surface area (Å²) in [5.41, 5.74) is 6.54. The second kappa shape index (κ2) is 8.15. The Hall–Kier alpha value is -1.59. The first-order chi connectivity index (χ1) is 10.6. The summed E-state index contributed by atoms with van der Waals surface area (Å²) in [7, 11) is 4.02. The first kappa shape index (κ1) is 16.8. The first-order valence-corrected chi connectivity index (χ1v) is 7.98. The highest BCUT2D eigenvalue weighted by atomic mass is 16.5. The van der Waals surface area contributed by atoms with Crippen molar-refractivity contribution in [1.29, 1.82) is 0 Å². The summed E-state index contributed by atoms with van der Waals surface area (Å²) in [4.78, 5) is 14.5. The van der Waals surface area contributed by atoms with Crippen molar-refractivity contribution in [2.75, 3.05) is 39.1 Å². The summed E-state index contributed by atoms with van der Waals surface area (Å²) >= 11 is 0.